The molecule has 0 aliphatic heterocycles. The molecule has 2 aromatic carbocycles. The maximum atomic E-state index is 12.0. The normalized spacial score (nSPS) is 10.5. The van der Waals surface area contributed by atoms with Gasteiger partial charge in [0.2, 0.25) is 0 Å². The van der Waals surface area contributed by atoms with Crippen LogP contribution in [0.5, 0.6) is 5.75 Å². The first-order chi connectivity index (χ1) is 10.6. The molecule has 0 spiro atoms. The second-order valence-corrected chi connectivity index (χ2v) is 5.01. The quantitative estimate of drug-likeness (QED) is 0.653. The first kappa shape index (κ1) is 15.6. The fourth-order valence-electron chi connectivity index (χ4n) is 1.92. The molecule has 0 aliphatic rings. The van der Waals surface area contributed by atoms with E-state index in [0.29, 0.717) is 5.56 Å². The zero-order valence-corrected chi connectivity index (χ0v) is 13.0. The minimum absolute atomic E-state index is 0.0555. The van der Waals surface area contributed by atoms with Crippen molar-refractivity contribution in [3.8, 4) is 5.75 Å². The van der Waals surface area contributed by atoms with E-state index in [4.69, 9.17) is 4.74 Å². The van der Waals surface area contributed by atoms with Crippen molar-refractivity contribution in [2.75, 3.05) is 31.4 Å². The summed E-state index contributed by atoms with van der Waals surface area (Å²) in [7, 11) is 5.59. The van der Waals surface area contributed by atoms with Crippen LogP contribution in [0.1, 0.15) is 10.4 Å². The lowest BCUT2D eigenvalue weighted by atomic mass is 10.1. The lowest BCUT2D eigenvalue weighted by molar-refractivity contribution is 0.104. The molecule has 22 heavy (non-hydrogen) atoms. The van der Waals surface area contributed by atoms with Gasteiger partial charge in [0.25, 0.3) is 0 Å². The Morgan fingerprint density at radius 2 is 1.68 bits per heavy atom. The van der Waals surface area contributed by atoms with Crippen LogP contribution in [-0.2, 0) is 0 Å². The van der Waals surface area contributed by atoms with Gasteiger partial charge < -0.3 is 15.0 Å². The highest BCUT2D eigenvalue weighted by Crippen LogP contribution is 2.16. The van der Waals surface area contributed by atoms with E-state index >= 15 is 0 Å². The van der Waals surface area contributed by atoms with Gasteiger partial charge in [0.1, 0.15) is 5.75 Å². The van der Waals surface area contributed by atoms with E-state index in [1.807, 2.05) is 43.3 Å². The smallest absolute Gasteiger partial charge is 0.187 e. The summed E-state index contributed by atoms with van der Waals surface area (Å²) in [6.45, 7) is 0. The number of ketones is 1. The van der Waals surface area contributed by atoms with E-state index in [-0.39, 0.29) is 5.78 Å². The number of carbonyl (C=O) groups is 1. The van der Waals surface area contributed by atoms with E-state index in [9.17, 15) is 4.79 Å². The molecule has 0 saturated carbocycles. The van der Waals surface area contributed by atoms with Gasteiger partial charge in [0.15, 0.2) is 5.78 Å². The predicted octanol–water partition coefficient (Wildman–Crippen LogP) is 3.57. The number of hydrogen-bond acceptors (Lipinski definition) is 4. The van der Waals surface area contributed by atoms with Crippen molar-refractivity contribution < 1.29 is 9.53 Å². The first-order valence-electron chi connectivity index (χ1n) is 6.99. The van der Waals surface area contributed by atoms with Crippen molar-refractivity contribution in [2.24, 2.45) is 0 Å². The van der Waals surface area contributed by atoms with E-state index in [0.717, 1.165) is 17.1 Å². The fourth-order valence-corrected chi connectivity index (χ4v) is 1.92. The third-order valence-corrected chi connectivity index (χ3v) is 3.24. The number of ether oxygens (including phenoxy) is 1. The summed E-state index contributed by atoms with van der Waals surface area (Å²) in [5.41, 5.74) is 2.69. The average molecular weight is 296 g/mol. The zero-order chi connectivity index (χ0) is 15.9. The molecule has 0 aromatic heterocycles. The third-order valence-electron chi connectivity index (χ3n) is 3.24. The van der Waals surface area contributed by atoms with Gasteiger partial charge in [-0.2, -0.15) is 0 Å². The second kappa shape index (κ2) is 7.31. The number of carbonyl (C=O) groups excluding carboxylic acids is 1. The third kappa shape index (κ3) is 4.12. The number of rotatable bonds is 6. The van der Waals surface area contributed by atoms with Crippen LogP contribution >= 0.6 is 0 Å². The van der Waals surface area contributed by atoms with Crippen molar-refractivity contribution in [2.45, 2.75) is 0 Å². The molecule has 0 heterocycles. The molecule has 4 nitrogen and oxygen atoms in total. The summed E-state index contributed by atoms with van der Waals surface area (Å²) in [5, 5.41) is 3.09. The van der Waals surface area contributed by atoms with E-state index in [1.54, 1.807) is 37.6 Å². The monoisotopic (exact) mass is 296 g/mol. The van der Waals surface area contributed by atoms with Gasteiger partial charge in [-0.15, -0.1) is 0 Å². The Hall–Kier alpha value is -2.75. The van der Waals surface area contributed by atoms with E-state index < -0.39 is 0 Å². The number of hydrogen-bond donors (Lipinski definition) is 1. The van der Waals surface area contributed by atoms with Gasteiger partial charge in [-0.3, -0.25) is 4.79 Å². The molecule has 0 aliphatic carbocycles. The summed E-state index contributed by atoms with van der Waals surface area (Å²) in [6.07, 6.45) is 3.17. The molecule has 0 saturated heterocycles. The van der Waals surface area contributed by atoms with Gasteiger partial charge in [-0.25, -0.2) is 0 Å². The molecule has 4 heteroatoms. The summed E-state index contributed by atoms with van der Waals surface area (Å²) in [5.74, 6) is 0.680. The molecule has 0 amide bonds. The number of nitrogens with one attached hydrogen (secondary N) is 1. The molecule has 2 aromatic rings. The Bertz CT molecular complexity index is 644. The Labute approximate surface area is 131 Å². The number of anilines is 2. The van der Waals surface area contributed by atoms with Crippen LogP contribution in [0.2, 0.25) is 0 Å². The Morgan fingerprint density at radius 1 is 1.05 bits per heavy atom. The summed E-state index contributed by atoms with van der Waals surface area (Å²) < 4.78 is 5.07. The topological polar surface area (TPSA) is 41.6 Å². The molecule has 0 atom stereocenters. The van der Waals surface area contributed by atoms with Gasteiger partial charge in [0.05, 0.1) is 7.11 Å². The maximum Gasteiger partial charge on any atom is 0.187 e. The molecule has 0 bridgehead atoms. The van der Waals surface area contributed by atoms with Crippen LogP contribution in [-0.4, -0.2) is 27.0 Å². The highest BCUT2D eigenvalue weighted by atomic mass is 16.5. The number of methoxy groups -OCH3 is 1. The van der Waals surface area contributed by atoms with Crippen molar-refractivity contribution in [3.63, 3.8) is 0 Å². The molecule has 2 rings (SSSR count). The van der Waals surface area contributed by atoms with Crippen LogP contribution < -0.4 is 15.0 Å². The second-order valence-electron chi connectivity index (χ2n) is 5.01. The van der Waals surface area contributed by atoms with Gasteiger partial charge >= 0.3 is 0 Å². The summed E-state index contributed by atoms with van der Waals surface area (Å²) in [4.78, 5) is 14.0. The molecular weight excluding hydrogens is 276 g/mol. The number of allylic oxidation sites excluding steroid dienone is 1. The summed E-state index contributed by atoms with van der Waals surface area (Å²) in [6, 6.07) is 15.0. The lowest BCUT2D eigenvalue weighted by Crippen LogP contribution is -2.08. The van der Waals surface area contributed by atoms with Crippen LogP contribution in [0.25, 0.3) is 0 Å². The minimum Gasteiger partial charge on any atom is -0.497 e. The van der Waals surface area contributed by atoms with E-state index in [2.05, 4.69) is 5.32 Å². The molecule has 0 unspecified atom stereocenters. The van der Waals surface area contributed by atoms with Crippen molar-refractivity contribution in [3.05, 3.63) is 66.4 Å². The Kier molecular flexibility index (Phi) is 5.20. The van der Waals surface area contributed by atoms with Gasteiger partial charge in [0, 0.05) is 43.3 Å². The van der Waals surface area contributed by atoms with Crippen LogP contribution in [0.3, 0.4) is 0 Å². The standard InChI is InChI=1S/C18H20N2O2/c1-20(2)16-8-6-15(7-9-16)19-13-12-18(21)14-4-10-17(22-3)11-5-14/h4-13,19H,1-3H3/b13-12-. The highest BCUT2D eigenvalue weighted by molar-refractivity contribution is 6.04. The molecule has 114 valence electrons. The lowest BCUT2D eigenvalue weighted by Gasteiger charge is -2.12. The molecule has 0 radical (unpaired) electrons. The number of benzene rings is 2. The van der Waals surface area contributed by atoms with Gasteiger partial charge in [-0.05, 0) is 48.5 Å². The van der Waals surface area contributed by atoms with Crippen molar-refractivity contribution in [1.82, 2.24) is 0 Å². The zero-order valence-electron chi connectivity index (χ0n) is 13.0. The van der Waals surface area contributed by atoms with Crippen LogP contribution in [0.15, 0.2) is 60.8 Å². The van der Waals surface area contributed by atoms with Gasteiger partial charge in [-0.1, -0.05) is 0 Å². The van der Waals surface area contributed by atoms with Crippen LogP contribution in [0, 0.1) is 0 Å². The van der Waals surface area contributed by atoms with Crippen molar-refractivity contribution in [1.29, 1.82) is 0 Å². The van der Waals surface area contributed by atoms with E-state index in [1.165, 1.54) is 6.08 Å². The highest BCUT2D eigenvalue weighted by Gasteiger charge is 2.01. The molecular formula is C18H20N2O2. The largest absolute Gasteiger partial charge is 0.497 e. The fraction of sp³-hybridized carbons (Fsp3) is 0.167. The molecule has 1 N–H and O–H groups in total. The Morgan fingerprint density at radius 3 is 2.23 bits per heavy atom. The summed E-state index contributed by atoms with van der Waals surface area (Å²) >= 11 is 0. The van der Waals surface area contributed by atoms with Crippen molar-refractivity contribution >= 4 is 17.2 Å². The maximum absolute atomic E-state index is 12.0. The predicted molar refractivity (Wildman–Crippen MR) is 90.9 cm³/mol. The average Bonchev–Trinajstić information content (AvgIpc) is 2.55. The minimum atomic E-state index is -0.0555. The SMILES string of the molecule is COc1ccc(C(=O)/C=C\Nc2ccc(N(C)C)cc2)cc1. The molecule has 0 fully saturated rings. The first-order valence-corrected chi connectivity index (χ1v) is 6.99. The number of nitrogens with zero attached hydrogens (tertiary/aromatic N) is 1. The Balaban J connectivity index is 1.94. The van der Waals surface area contributed by atoms with Crippen LogP contribution in [0.4, 0.5) is 11.4 Å².